The molecule has 0 amide bonds. The van der Waals surface area contributed by atoms with Crippen molar-refractivity contribution < 1.29 is 8.78 Å². The standard InChI is InChI=1S/C12H17F2N/c1-3-9(8-15-2)7-10-5-4-6-11(13)12(10)14/h4-6,9,15H,3,7-8H2,1-2H3. The van der Waals surface area contributed by atoms with Crippen LogP contribution in [0.15, 0.2) is 18.2 Å². The molecular weight excluding hydrogens is 196 g/mol. The first-order valence-corrected chi connectivity index (χ1v) is 5.26. The summed E-state index contributed by atoms with van der Waals surface area (Å²) in [6.07, 6.45) is 1.54. The molecule has 0 aromatic heterocycles. The van der Waals surface area contributed by atoms with Crippen LogP contribution in [0.3, 0.4) is 0 Å². The van der Waals surface area contributed by atoms with Crippen molar-refractivity contribution in [3.63, 3.8) is 0 Å². The van der Waals surface area contributed by atoms with E-state index in [1.807, 2.05) is 7.05 Å². The quantitative estimate of drug-likeness (QED) is 0.793. The van der Waals surface area contributed by atoms with E-state index in [-0.39, 0.29) is 0 Å². The van der Waals surface area contributed by atoms with Crippen LogP contribution in [-0.2, 0) is 6.42 Å². The SMILES string of the molecule is CCC(CNC)Cc1cccc(F)c1F. The molecule has 0 radical (unpaired) electrons. The number of rotatable bonds is 5. The lowest BCUT2D eigenvalue weighted by molar-refractivity contribution is 0.452. The molecule has 1 aromatic rings. The lowest BCUT2D eigenvalue weighted by Crippen LogP contribution is -2.20. The van der Waals surface area contributed by atoms with Crippen LogP contribution in [-0.4, -0.2) is 13.6 Å². The van der Waals surface area contributed by atoms with Gasteiger partial charge in [-0.1, -0.05) is 25.5 Å². The van der Waals surface area contributed by atoms with Gasteiger partial charge in [0.05, 0.1) is 0 Å². The van der Waals surface area contributed by atoms with Crippen LogP contribution >= 0.6 is 0 Å². The number of benzene rings is 1. The summed E-state index contributed by atoms with van der Waals surface area (Å²) >= 11 is 0. The van der Waals surface area contributed by atoms with Crippen molar-refractivity contribution in [2.75, 3.05) is 13.6 Å². The van der Waals surface area contributed by atoms with Gasteiger partial charge in [0.1, 0.15) is 0 Å². The van der Waals surface area contributed by atoms with Crippen molar-refractivity contribution in [2.24, 2.45) is 5.92 Å². The fraction of sp³-hybridized carbons (Fsp3) is 0.500. The minimum Gasteiger partial charge on any atom is -0.319 e. The molecular formula is C12H17F2N. The molecule has 84 valence electrons. The van der Waals surface area contributed by atoms with E-state index in [4.69, 9.17) is 0 Å². The average molecular weight is 213 g/mol. The van der Waals surface area contributed by atoms with Gasteiger partial charge < -0.3 is 5.32 Å². The topological polar surface area (TPSA) is 12.0 Å². The van der Waals surface area contributed by atoms with Gasteiger partial charge in [-0.25, -0.2) is 8.78 Å². The number of nitrogens with one attached hydrogen (secondary N) is 1. The van der Waals surface area contributed by atoms with E-state index in [0.717, 1.165) is 19.0 Å². The number of hydrogen-bond acceptors (Lipinski definition) is 1. The second-order valence-corrected chi connectivity index (χ2v) is 3.75. The van der Waals surface area contributed by atoms with Crippen molar-refractivity contribution in [3.8, 4) is 0 Å². The molecule has 1 rings (SSSR count). The van der Waals surface area contributed by atoms with E-state index >= 15 is 0 Å². The monoisotopic (exact) mass is 213 g/mol. The molecule has 0 bridgehead atoms. The predicted molar refractivity (Wildman–Crippen MR) is 57.8 cm³/mol. The zero-order chi connectivity index (χ0) is 11.3. The maximum absolute atomic E-state index is 13.3. The lowest BCUT2D eigenvalue weighted by Gasteiger charge is -2.14. The Kier molecular flexibility index (Phi) is 4.69. The minimum atomic E-state index is -0.758. The largest absolute Gasteiger partial charge is 0.319 e. The Hall–Kier alpha value is -0.960. The molecule has 3 heteroatoms. The summed E-state index contributed by atoms with van der Waals surface area (Å²) in [5.74, 6) is -1.11. The van der Waals surface area contributed by atoms with E-state index in [0.29, 0.717) is 17.9 Å². The van der Waals surface area contributed by atoms with Crippen molar-refractivity contribution >= 4 is 0 Å². The first-order valence-electron chi connectivity index (χ1n) is 5.26. The second-order valence-electron chi connectivity index (χ2n) is 3.75. The van der Waals surface area contributed by atoms with Gasteiger partial charge in [0.2, 0.25) is 0 Å². The zero-order valence-corrected chi connectivity index (χ0v) is 9.19. The molecule has 0 aliphatic carbocycles. The van der Waals surface area contributed by atoms with Crippen LogP contribution < -0.4 is 5.32 Å². The highest BCUT2D eigenvalue weighted by Crippen LogP contribution is 2.17. The maximum Gasteiger partial charge on any atom is 0.162 e. The molecule has 0 saturated heterocycles. The van der Waals surface area contributed by atoms with Crippen LogP contribution in [0.25, 0.3) is 0 Å². The molecule has 0 heterocycles. The lowest BCUT2D eigenvalue weighted by atomic mass is 9.96. The van der Waals surface area contributed by atoms with Gasteiger partial charge in [-0.2, -0.15) is 0 Å². The van der Waals surface area contributed by atoms with Gasteiger partial charge >= 0.3 is 0 Å². The highest BCUT2D eigenvalue weighted by Gasteiger charge is 2.12. The summed E-state index contributed by atoms with van der Waals surface area (Å²) in [5.41, 5.74) is 0.470. The van der Waals surface area contributed by atoms with Crippen molar-refractivity contribution in [1.82, 2.24) is 5.32 Å². The summed E-state index contributed by atoms with van der Waals surface area (Å²) in [6.45, 7) is 2.88. The predicted octanol–water partition coefficient (Wildman–Crippen LogP) is 2.75. The third-order valence-electron chi connectivity index (χ3n) is 2.61. The normalized spacial score (nSPS) is 12.8. The zero-order valence-electron chi connectivity index (χ0n) is 9.19. The first kappa shape index (κ1) is 12.1. The van der Waals surface area contributed by atoms with Gasteiger partial charge in [0.25, 0.3) is 0 Å². The van der Waals surface area contributed by atoms with Gasteiger partial charge in [0.15, 0.2) is 11.6 Å². The molecule has 1 unspecified atom stereocenters. The Labute approximate surface area is 89.5 Å². The third kappa shape index (κ3) is 3.27. The summed E-state index contributed by atoms with van der Waals surface area (Å²) in [7, 11) is 1.87. The highest BCUT2D eigenvalue weighted by atomic mass is 19.2. The third-order valence-corrected chi connectivity index (χ3v) is 2.61. The highest BCUT2D eigenvalue weighted by molar-refractivity contribution is 5.19. The summed E-state index contributed by atoms with van der Waals surface area (Å²) in [4.78, 5) is 0. The van der Waals surface area contributed by atoms with Crippen molar-refractivity contribution in [1.29, 1.82) is 0 Å². The van der Waals surface area contributed by atoms with E-state index in [2.05, 4.69) is 12.2 Å². The van der Waals surface area contributed by atoms with Gasteiger partial charge in [0, 0.05) is 0 Å². The van der Waals surface area contributed by atoms with E-state index < -0.39 is 11.6 Å². The Morgan fingerprint density at radius 1 is 1.33 bits per heavy atom. The van der Waals surface area contributed by atoms with Gasteiger partial charge in [-0.05, 0) is 37.6 Å². The van der Waals surface area contributed by atoms with Crippen LogP contribution in [0, 0.1) is 17.6 Å². The van der Waals surface area contributed by atoms with E-state index in [1.54, 1.807) is 12.1 Å². The van der Waals surface area contributed by atoms with Crippen LogP contribution in [0.4, 0.5) is 8.78 Å². The van der Waals surface area contributed by atoms with Crippen molar-refractivity contribution in [3.05, 3.63) is 35.4 Å². The molecule has 0 aliphatic heterocycles. The summed E-state index contributed by atoms with van der Waals surface area (Å²) in [6, 6.07) is 4.36. The second kappa shape index (κ2) is 5.81. The molecule has 0 saturated carbocycles. The van der Waals surface area contributed by atoms with Crippen molar-refractivity contribution in [2.45, 2.75) is 19.8 Å². The molecule has 1 N–H and O–H groups in total. The van der Waals surface area contributed by atoms with E-state index in [9.17, 15) is 8.78 Å². The molecule has 1 atom stereocenters. The van der Waals surface area contributed by atoms with Crippen LogP contribution in [0.2, 0.25) is 0 Å². The molecule has 1 aromatic carbocycles. The average Bonchev–Trinajstić information content (AvgIpc) is 2.24. The van der Waals surface area contributed by atoms with Gasteiger partial charge in [-0.15, -0.1) is 0 Å². The molecule has 15 heavy (non-hydrogen) atoms. The van der Waals surface area contributed by atoms with E-state index in [1.165, 1.54) is 0 Å². The van der Waals surface area contributed by atoms with Crippen LogP contribution in [0.1, 0.15) is 18.9 Å². The summed E-state index contributed by atoms with van der Waals surface area (Å²) in [5, 5.41) is 3.06. The Balaban J connectivity index is 2.74. The molecule has 0 fully saturated rings. The minimum absolute atomic E-state index is 0.353. The van der Waals surface area contributed by atoms with Crippen LogP contribution in [0.5, 0.6) is 0 Å². The Morgan fingerprint density at radius 2 is 2.07 bits per heavy atom. The van der Waals surface area contributed by atoms with Gasteiger partial charge in [-0.3, -0.25) is 0 Å². The maximum atomic E-state index is 13.3. The Bertz CT molecular complexity index is 312. The molecule has 0 spiro atoms. The smallest absolute Gasteiger partial charge is 0.162 e. The first-order chi connectivity index (χ1) is 7.19. The number of hydrogen-bond donors (Lipinski definition) is 1. The summed E-state index contributed by atoms with van der Waals surface area (Å²) < 4.78 is 26.3. The molecule has 1 nitrogen and oxygen atoms in total. The number of halogens is 2. The fourth-order valence-corrected chi connectivity index (χ4v) is 1.67. The fourth-order valence-electron chi connectivity index (χ4n) is 1.67. The molecule has 0 aliphatic rings. The Morgan fingerprint density at radius 3 is 2.67 bits per heavy atom.